The number of rotatable bonds is 10. The summed E-state index contributed by atoms with van der Waals surface area (Å²) in [6, 6.07) is 0. The Bertz CT molecular complexity index is 261. The Kier molecular flexibility index (Phi) is 12.0. The minimum absolute atomic E-state index is 0.648. The van der Waals surface area contributed by atoms with Crippen LogP contribution in [0.5, 0.6) is 0 Å². The van der Waals surface area contributed by atoms with Crippen LogP contribution in [0.25, 0.3) is 0 Å². The molecule has 0 bridgehead atoms. The first-order valence-electron chi connectivity index (χ1n) is 7.33. The molecule has 0 atom stereocenters. The number of hydrogen-bond donors (Lipinski definition) is 0. The standard InChI is InChI=1S/B23/c1-13-19(12)22(18(10)11)23(20(14(2)3)15(4)5)21(16(6)7)17(8)9/q-3. The third-order valence-corrected chi connectivity index (χ3v) is 4.22. The molecule has 72 valence electrons. The van der Waals surface area contributed by atoms with Gasteiger partial charge in [0.15, 0.2) is 0 Å². The number of hydrogen-bond acceptors (Lipinski definition) is 0. The van der Waals surface area contributed by atoms with E-state index in [1.807, 2.05) is 0 Å². The van der Waals surface area contributed by atoms with Gasteiger partial charge in [-0.3, -0.25) is 7.06 Å². The van der Waals surface area contributed by atoms with Crippen LogP contribution in [0.1, 0.15) is 0 Å². The van der Waals surface area contributed by atoms with Gasteiger partial charge in [-0.25, -0.2) is 0 Å². The highest BCUT2D eigenvalue weighted by molar-refractivity contribution is 8.22. The van der Waals surface area contributed by atoms with Crippen LogP contribution in [0.15, 0.2) is 0 Å². The van der Waals surface area contributed by atoms with Crippen molar-refractivity contribution < 1.29 is 0 Å². The van der Waals surface area contributed by atoms with Crippen LogP contribution in [-0.4, -0.2) is 164 Å². The molecule has 28 radical (unpaired) electrons. The molecule has 0 unspecified atom stereocenters. The summed E-state index contributed by atoms with van der Waals surface area (Å²) in [5.41, 5.74) is 0. The lowest BCUT2D eigenvalue weighted by Crippen LogP contribution is -2.83. The Labute approximate surface area is 163 Å². The molecule has 0 aliphatic rings. The first-order chi connectivity index (χ1) is 10.5. The van der Waals surface area contributed by atoms with E-state index in [0.717, 1.165) is 0 Å². The molecule has 0 amide bonds. The first-order valence-corrected chi connectivity index (χ1v) is 7.33. The maximum atomic E-state index is 6.03. The molecule has 0 aromatic heterocycles. The van der Waals surface area contributed by atoms with Crippen molar-refractivity contribution in [1.82, 2.24) is 0 Å². The van der Waals surface area contributed by atoms with Gasteiger partial charge in [-0.1, -0.05) is 6.39 Å². The van der Waals surface area contributed by atoms with Crippen LogP contribution in [0.2, 0.25) is 0 Å². The highest BCUT2D eigenvalue weighted by Gasteiger charge is 2.43. The first kappa shape index (κ1) is 24.5. The van der Waals surface area contributed by atoms with Crippen molar-refractivity contribution in [2.45, 2.75) is 0 Å². The summed E-state index contributed by atoms with van der Waals surface area (Å²) in [6.45, 7) is 0. The molecular formula is B23-3. The van der Waals surface area contributed by atoms with Gasteiger partial charge in [0.1, 0.15) is 0 Å². The van der Waals surface area contributed by atoms with Gasteiger partial charge in [-0.15, -0.1) is 0 Å². The van der Waals surface area contributed by atoms with E-state index < -0.39 is 63.9 Å². The summed E-state index contributed by atoms with van der Waals surface area (Å²) in [4.78, 5) is 0. The lowest BCUT2D eigenvalue weighted by molar-refractivity contribution is 3.30. The molecule has 0 nitrogen and oxygen atoms in total. The Morgan fingerprint density at radius 3 is 1.09 bits per heavy atom. The topological polar surface area (TPSA) is 0 Å². The summed E-state index contributed by atoms with van der Waals surface area (Å²) in [5, 5.41) is 0. The lowest BCUT2D eigenvalue weighted by atomic mass is 8.36. The van der Waals surface area contributed by atoms with Crippen LogP contribution in [0.4, 0.5) is 0 Å². The van der Waals surface area contributed by atoms with Crippen LogP contribution < -0.4 is 0 Å². The molecule has 0 heterocycles. The molecule has 0 aliphatic heterocycles. The lowest BCUT2D eigenvalue weighted by Gasteiger charge is -2.55. The van der Waals surface area contributed by atoms with Gasteiger partial charge < -0.3 is 29.6 Å². The minimum Gasteiger partial charge on any atom is -0.729 e. The molecule has 0 aromatic carbocycles. The normalized spacial score (nSPS) is 9.35. The summed E-state index contributed by atoms with van der Waals surface area (Å²) in [5.74, 6) is 0. The van der Waals surface area contributed by atoms with Gasteiger partial charge in [0.25, 0.3) is 0 Å². The largest absolute Gasteiger partial charge is 0.729 e. The molecule has 0 aliphatic carbocycles. The van der Waals surface area contributed by atoms with Crippen molar-refractivity contribution in [3.8, 4) is 0 Å². The molecule has 0 saturated heterocycles. The molecule has 0 N–H and O–H groups in total. The molecule has 0 aromatic rings. The molecular weight excluding hydrogens is 249 g/mol. The molecule has 0 rings (SSSR count). The van der Waals surface area contributed by atoms with E-state index in [4.69, 9.17) is 92.8 Å². The SMILES string of the molecule is [B]B([B])B(B([B])[B])B(B(B([B])[B])B([B-])[B-])B(B([B])[B])B([B])[B][B-]. The van der Waals surface area contributed by atoms with Crippen molar-refractivity contribution in [2.75, 3.05) is 0 Å². The zero-order valence-electron chi connectivity index (χ0n) is 13.3. The third kappa shape index (κ3) is 6.96. The van der Waals surface area contributed by atoms with Gasteiger partial charge in [-0.2, -0.15) is 0 Å². The van der Waals surface area contributed by atoms with Crippen LogP contribution >= 0.6 is 0 Å². The van der Waals surface area contributed by atoms with Gasteiger partial charge >= 0.3 is 0 Å². The van der Waals surface area contributed by atoms with Crippen molar-refractivity contribution >= 4 is 164 Å². The van der Waals surface area contributed by atoms with Gasteiger partial charge in [0, 0.05) is 0 Å². The van der Waals surface area contributed by atoms with E-state index in [1.54, 1.807) is 0 Å². The fraction of sp³-hybridized carbons (Fsp3) is 0. The van der Waals surface area contributed by atoms with E-state index in [2.05, 4.69) is 0 Å². The van der Waals surface area contributed by atoms with Crippen molar-refractivity contribution in [1.29, 1.82) is 0 Å². The predicted octanol–water partition coefficient (Wildman–Crippen LogP) is -8.76. The van der Waals surface area contributed by atoms with Gasteiger partial charge in [0.2, 0.25) is 0 Å². The average molecular weight is 249 g/mol. The molecule has 23 heavy (non-hydrogen) atoms. The molecule has 23 heteroatoms. The quantitative estimate of drug-likeness (QED) is 0.337. The average Bonchev–Trinajstić information content (AvgIpc) is 2.36. The van der Waals surface area contributed by atoms with E-state index >= 15 is 0 Å². The van der Waals surface area contributed by atoms with Crippen molar-refractivity contribution in [2.24, 2.45) is 0 Å². The third-order valence-electron chi connectivity index (χ3n) is 4.22. The second kappa shape index (κ2) is 11.3. The fourth-order valence-corrected chi connectivity index (χ4v) is 3.21. The molecule has 0 saturated carbocycles. The van der Waals surface area contributed by atoms with Crippen molar-refractivity contribution in [3.63, 3.8) is 0 Å². The maximum absolute atomic E-state index is 6.03. The Morgan fingerprint density at radius 2 is 0.870 bits per heavy atom. The fourth-order valence-electron chi connectivity index (χ4n) is 3.21. The highest BCUT2D eigenvalue weighted by atomic mass is 13.3. The smallest absolute Gasteiger partial charge is 0.0000000243 e. The monoisotopic (exact) mass is 253 g/mol. The van der Waals surface area contributed by atoms with Gasteiger partial charge in [0.05, 0.1) is 0 Å². The maximum Gasteiger partial charge on any atom is -0.0000000243 e. The van der Waals surface area contributed by atoms with Gasteiger partial charge in [-0.05, 0) is 121 Å². The van der Waals surface area contributed by atoms with E-state index in [0.29, 0.717) is 0 Å². The summed E-state index contributed by atoms with van der Waals surface area (Å²) < 4.78 is 0. The highest BCUT2D eigenvalue weighted by Crippen LogP contribution is 2.09. The molecule has 0 spiro atoms. The van der Waals surface area contributed by atoms with E-state index in [1.165, 1.54) is 7.06 Å². The predicted molar refractivity (Wildman–Crippen MR) is 132 cm³/mol. The second-order valence-electron chi connectivity index (χ2n) is 5.97. The Morgan fingerprint density at radius 1 is 0.522 bits per heavy atom. The zero-order valence-corrected chi connectivity index (χ0v) is 13.3. The summed E-state index contributed by atoms with van der Waals surface area (Å²) >= 11 is 0. The molecule has 0 fully saturated rings. The van der Waals surface area contributed by atoms with Crippen LogP contribution in [0, 0.1) is 0 Å². The second-order valence-corrected chi connectivity index (χ2v) is 5.97. The van der Waals surface area contributed by atoms with Crippen LogP contribution in [-0.2, 0) is 0 Å². The van der Waals surface area contributed by atoms with E-state index in [9.17, 15) is 0 Å². The van der Waals surface area contributed by atoms with Crippen LogP contribution in [0.3, 0.4) is 0 Å². The summed E-state index contributed by atoms with van der Waals surface area (Å²) in [6.07, 6.45) is -8.03. The minimum atomic E-state index is -0.925. The Hall–Kier alpha value is 1.49. The van der Waals surface area contributed by atoms with Crippen molar-refractivity contribution in [3.05, 3.63) is 0 Å². The Balaban J connectivity index is 6.12. The summed E-state index contributed by atoms with van der Waals surface area (Å²) in [7, 11) is 71.4. The zero-order chi connectivity index (χ0) is 18.5. The van der Waals surface area contributed by atoms with E-state index in [-0.39, 0.29) is 0 Å².